The lowest BCUT2D eigenvalue weighted by molar-refractivity contribution is -0.134. The van der Waals surface area contributed by atoms with E-state index in [2.05, 4.69) is 4.98 Å². The third-order valence-corrected chi connectivity index (χ3v) is 7.55. The summed E-state index contributed by atoms with van der Waals surface area (Å²) in [6.45, 7) is -0.433. The summed E-state index contributed by atoms with van der Waals surface area (Å²) in [7, 11) is -1.55. The quantitative estimate of drug-likeness (QED) is 0.709. The summed E-state index contributed by atoms with van der Waals surface area (Å²) < 4.78 is 28.0. The minimum absolute atomic E-state index is 0.0422. The third kappa shape index (κ3) is 4.25. The van der Waals surface area contributed by atoms with Crippen LogP contribution < -0.4 is 0 Å². The van der Waals surface area contributed by atoms with E-state index in [1.54, 1.807) is 5.38 Å². The molecule has 1 aliphatic heterocycles. The van der Waals surface area contributed by atoms with Crippen LogP contribution in [0, 0.1) is 0 Å². The topological polar surface area (TPSA) is 93.6 Å². The molecule has 0 aromatic carbocycles. The van der Waals surface area contributed by atoms with Gasteiger partial charge in [0.15, 0.2) is 22.1 Å². The lowest BCUT2D eigenvalue weighted by atomic mass is 10.2. The molecule has 1 atom stereocenters. The number of rotatable bonds is 5. The van der Waals surface area contributed by atoms with E-state index in [9.17, 15) is 18.0 Å². The average Bonchev–Trinajstić information content (AvgIpc) is 3.30. The first-order chi connectivity index (χ1) is 11.9. The van der Waals surface area contributed by atoms with Crippen molar-refractivity contribution in [2.75, 3.05) is 25.2 Å². The molecule has 0 unspecified atom stereocenters. The fourth-order valence-corrected chi connectivity index (χ4v) is 5.85. The van der Waals surface area contributed by atoms with E-state index in [1.165, 1.54) is 34.6 Å². The van der Waals surface area contributed by atoms with Crippen molar-refractivity contribution < 1.29 is 22.7 Å². The Hall–Kier alpha value is -1.78. The molecule has 1 fully saturated rings. The van der Waals surface area contributed by atoms with Crippen LogP contribution in [0.1, 0.15) is 16.9 Å². The number of esters is 1. The molecular formula is C15H16N2O5S3. The first kappa shape index (κ1) is 18.0. The van der Waals surface area contributed by atoms with Crippen LogP contribution in [-0.4, -0.2) is 61.4 Å². The minimum atomic E-state index is -3.08. The van der Waals surface area contributed by atoms with Crippen LogP contribution >= 0.6 is 22.7 Å². The predicted molar refractivity (Wildman–Crippen MR) is 95.5 cm³/mol. The van der Waals surface area contributed by atoms with Crippen LogP contribution in [-0.2, 0) is 19.4 Å². The van der Waals surface area contributed by atoms with Crippen molar-refractivity contribution in [3.05, 3.63) is 28.6 Å². The highest BCUT2D eigenvalue weighted by Gasteiger charge is 2.33. The lowest BCUT2D eigenvalue weighted by Crippen LogP contribution is -2.40. The Balaban J connectivity index is 1.54. The first-order valence-corrected chi connectivity index (χ1v) is 11.1. The second kappa shape index (κ2) is 7.22. The SMILES string of the molecule is CN(C(=O)COC(=O)c1csc(-c2cccs2)n1)[C@H]1CCS(=O)(=O)C1. The van der Waals surface area contributed by atoms with Gasteiger partial charge in [-0.2, -0.15) is 0 Å². The largest absolute Gasteiger partial charge is 0.451 e. The molecule has 1 saturated heterocycles. The van der Waals surface area contributed by atoms with Crippen molar-refractivity contribution in [2.24, 2.45) is 0 Å². The minimum Gasteiger partial charge on any atom is -0.451 e. The number of thiophene rings is 1. The number of thiazole rings is 1. The normalized spacial score (nSPS) is 18.8. The van der Waals surface area contributed by atoms with Gasteiger partial charge in [0.05, 0.1) is 16.4 Å². The number of carbonyl (C=O) groups excluding carboxylic acids is 2. The van der Waals surface area contributed by atoms with Gasteiger partial charge in [0.2, 0.25) is 0 Å². The summed E-state index contributed by atoms with van der Waals surface area (Å²) in [5.41, 5.74) is 0.160. The van der Waals surface area contributed by atoms with Gasteiger partial charge in [-0.15, -0.1) is 22.7 Å². The molecule has 2 aromatic rings. The zero-order valence-corrected chi connectivity index (χ0v) is 15.8. The molecule has 0 spiro atoms. The van der Waals surface area contributed by atoms with Crippen molar-refractivity contribution in [2.45, 2.75) is 12.5 Å². The number of ether oxygens (including phenoxy) is 1. The third-order valence-electron chi connectivity index (χ3n) is 3.92. The van der Waals surface area contributed by atoms with Gasteiger partial charge < -0.3 is 9.64 Å². The predicted octanol–water partition coefficient (Wildman–Crippen LogP) is 1.67. The maximum atomic E-state index is 12.1. The van der Waals surface area contributed by atoms with E-state index in [1.807, 2.05) is 17.5 Å². The summed E-state index contributed by atoms with van der Waals surface area (Å²) in [6.07, 6.45) is 0.411. The van der Waals surface area contributed by atoms with Gasteiger partial charge in [-0.05, 0) is 17.9 Å². The van der Waals surface area contributed by atoms with Crippen LogP contribution in [0.25, 0.3) is 9.88 Å². The Morgan fingerprint density at radius 1 is 1.40 bits per heavy atom. The molecule has 10 heteroatoms. The van der Waals surface area contributed by atoms with Crippen LogP contribution in [0.2, 0.25) is 0 Å². The number of nitrogens with zero attached hydrogens (tertiary/aromatic N) is 2. The highest BCUT2D eigenvalue weighted by molar-refractivity contribution is 7.91. The van der Waals surface area contributed by atoms with E-state index in [0.29, 0.717) is 6.42 Å². The monoisotopic (exact) mass is 400 g/mol. The summed E-state index contributed by atoms with van der Waals surface area (Å²) in [6, 6.07) is 3.45. The number of hydrogen-bond acceptors (Lipinski definition) is 8. The van der Waals surface area contributed by atoms with Gasteiger partial charge in [-0.1, -0.05) is 6.07 Å². The Labute approximate surface area is 153 Å². The molecule has 1 amide bonds. The van der Waals surface area contributed by atoms with Crippen LogP contribution in [0.15, 0.2) is 22.9 Å². The van der Waals surface area contributed by atoms with E-state index in [0.717, 1.165) is 9.88 Å². The zero-order valence-electron chi connectivity index (χ0n) is 13.4. The molecule has 0 saturated carbocycles. The Morgan fingerprint density at radius 2 is 2.20 bits per heavy atom. The Kier molecular flexibility index (Phi) is 5.21. The van der Waals surface area contributed by atoms with Gasteiger partial charge in [0, 0.05) is 18.5 Å². The number of amides is 1. The fraction of sp³-hybridized carbons (Fsp3) is 0.400. The molecule has 0 N–H and O–H groups in total. The van der Waals surface area contributed by atoms with Gasteiger partial charge in [-0.3, -0.25) is 4.79 Å². The second-order valence-electron chi connectivity index (χ2n) is 5.65. The molecule has 0 bridgehead atoms. The highest BCUT2D eigenvalue weighted by atomic mass is 32.2. The van der Waals surface area contributed by atoms with Crippen LogP contribution in [0.3, 0.4) is 0 Å². The molecule has 25 heavy (non-hydrogen) atoms. The maximum Gasteiger partial charge on any atom is 0.358 e. The molecule has 0 radical (unpaired) electrons. The average molecular weight is 401 g/mol. The molecule has 0 aliphatic carbocycles. The number of hydrogen-bond donors (Lipinski definition) is 0. The molecule has 3 heterocycles. The zero-order chi connectivity index (χ0) is 18.0. The Morgan fingerprint density at radius 3 is 2.84 bits per heavy atom. The van der Waals surface area contributed by atoms with Crippen molar-refractivity contribution >= 4 is 44.4 Å². The van der Waals surface area contributed by atoms with E-state index in [4.69, 9.17) is 4.74 Å². The lowest BCUT2D eigenvalue weighted by Gasteiger charge is -2.22. The highest BCUT2D eigenvalue weighted by Crippen LogP contribution is 2.28. The van der Waals surface area contributed by atoms with Gasteiger partial charge in [0.25, 0.3) is 5.91 Å². The van der Waals surface area contributed by atoms with Gasteiger partial charge >= 0.3 is 5.97 Å². The van der Waals surface area contributed by atoms with Crippen molar-refractivity contribution in [1.29, 1.82) is 0 Å². The molecule has 134 valence electrons. The number of sulfone groups is 1. The van der Waals surface area contributed by atoms with Crippen molar-refractivity contribution in [3.63, 3.8) is 0 Å². The molecule has 7 nitrogen and oxygen atoms in total. The molecular weight excluding hydrogens is 384 g/mol. The second-order valence-corrected chi connectivity index (χ2v) is 9.69. The maximum absolute atomic E-state index is 12.1. The molecule has 3 rings (SSSR count). The molecule has 1 aliphatic rings. The van der Waals surface area contributed by atoms with Crippen molar-refractivity contribution in [1.82, 2.24) is 9.88 Å². The Bertz CT molecular complexity index is 873. The van der Waals surface area contributed by atoms with E-state index in [-0.39, 0.29) is 23.2 Å². The van der Waals surface area contributed by atoms with Crippen molar-refractivity contribution in [3.8, 4) is 9.88 Å². The summed E-state index contributed by atoms with van der Waals surface area (Å²) in [4.78, 5) is 30.7. The molecule has 2 aromatic heterocycles. The van der Waals surface area contributed by atoms with E-state index >= 15 is 0 Å². The fourth-order valence-electron chi connectivity index (χ4n) is 2.47. The van der Waals surface area contributed by atoms with Crippen LogP contribution in [0.4, 0.5) is 0 Å². The van der Waals surface area contributed by atoms with Gasteiger partial charge in [-0.25, -0.2) is 18.2 Å². The van der Waals surface area contributed by atoms with Gasteiger partial charge in [0.1, 0.15) is 5.01 Å². The summed E-state index contributed by atoms with van der Waals surface area (Å²) in [5, 5.41) is 4.24. The number of likely N-dealkylation sites (N-methyl/N-ethyl adjacent to an activating group) is 1. The first-order valence-electron chi connectivity index (χ1n) is 7.48. The van der Waals surface area contributed by atoms with E-state index < -0.39 is 28.3 Å². The van der Waals surface area contributed by atoms with Crippen LogP contribution in [0.5, 0.6) is 0 Å². The standard InChI is InChI=1S/C15H16N2O5S3/c1-17(10-4-6-25(20,21)9-10)13(18)7-22-15(19)11-8-24-14(16-11)12-3-2-5-23-12/h2-3,5,8,10H,4,6-7,9H2,1H3/t10-/m0/s1. The summed E-state index contributed by atoms with van der Waals surface area (Å²) >= 11 is 2.86. The smallest absolute Gasteiger partial charge is 0.358 e. The summed E-state index contributed by atoms with van der Waals surface area (Å²) in [5.74, 6) is -1.05. The number of aromatic nitrogens is 1. The number of carbonyl (C=O) groups is 2.